The van der Waals surface area contributed by atoms with Crippen LogP contribution in [0.4, 0.5) is 13.2 Å². The third-order valence-electron chi connectivity index (χ3n) is 4.11. The van der Waals surface area contributed by atoms with Gasteiger partial charge in [0.15, 0.2) is 0 Å². The highest BCUT2D eigenvalue weighted by molar-refractivity contribution is 6.30. The monoisotopic (exact) mass is 424 g/mol. The van der Waals surface area contributed by atoms with Gasteiger partial charge < -0.3 is 14.6 Å². The van der Waals surface area contributed by atoms with Crippen molar-refractivity contribution in [1.29, 1.82) is 0 Å². The van der Waals surface area contributed by atoms with E-state index in [9.17, 15) is 22.8 Å². The summed E-state index contributed by atoms with van der Waals surface area (Å²) in [4.78, 5) is 23.9. The number of fused-ring (bicyclic) bond motifs is 1. The molecule has 0 spiro atoms. The Bertz CT molecular complexity index is 1030. The number of amides is 1. The van der Waals surface area contributed by atoms with Gasteiger partial charge in [-0.05, 0) is 30.3 Å². The topological polar surface area (TPSA) is 60.3 Å². The first-order chi connectivity index (χ1) is 13.8. The molecule has 1 heterocycles. The van der Waals surface area contributed by atoms with E-state index in [1.54, 1.807) is 36.4 Å². The van der Waals surface area contributed by atoms with Crippen molar-refractivity contribution >= 4 is 34.2 Å². The maximum atomic E-state index is 12.8. The van der Waals surface area contributed by atoms with Gasteiger partial charge >= 0.3 is 6.18 Å². The fraction of sp³-hybridized carbons (Fsp3) is 0.200. The van der Waals surface area contributed by atoms with Crippen molar-refractivity contribution in [2.45, 2.75) is 12.7 Å². The van der Waals surface area contributed by atoms with Gasteiger partial charge in [-0.3, -0.25) is 9.59 Å². The summed E-state index contributed by atoms with van der Waals surface area (Å²) >= 11 is 5.78. The molecule has 0 saturated heterocycles. The maximum absolute atomic E-state index is 12.8. The summed E-state index contributed by atoms with van der Waals surface area (Å²) in [6.45, 7) is 0.180. The predicted molar refractivity (Wildman–Crippen MR) is 102 cm³/mol. The Morgan fingerprint density at radius 3 is 2.45 bits per heavy atom. The largest absolute Gasteiger partial charge is 0.492 e. The molecular weight excluding hydrogens is 409 g/mol. The minimum absolute atomic E-state index is 0.147. The first-order valence-corrected chi connectivity index (χ1v) is 8.98. The van der Waals surface area contributed by atoms with Gasteiger partial charge in [0.2, 0.25) is 5.91 Å². The number of ether oxygens (including phenoxy) is 1. The smallest absolute Gasteiger partial charge is 0.454 e. The van der Waals surface area contributed by atoms with Crippen molar-refractivity contribution in [3.63, 3.8) is 0 Å². The van der Waals surface area contributed by atoms with Crippen LogP contribution in [0.2, 0.25) is 5.02 Å². The zero-order valence-electron chi connectivity index (χ0n) is 15.0. The number of carbonyl (C=O) groups is 2. The lowest BCUT2D eigenvalue weighted by atomic mass is 10.1. The van der Waals surface area contributed by atoms with Crippen LogP contribution in [-0.2, 0) is 11.3 Å². The second kappa shape index (κ2) is 8.57. The number of aromatic nitrogens is 1. The highest BCUT2D eigenvalue weighted by Gasteiger charge is 2.40. The van der Waals surface area contributed by atoms with Crippen LogP contribution in [0.3, 0.4) is 0 Å². The van der Waals surface area contributed by atoms with E-state index >= 15 is 0 Å². The molecule has 152 valence electrons. The van der Waals surface area contributed by atoms with Crippen molar-refractivity contribution in [3.8, 4) is 5.75 Å². The van der Waals surface area contributed by atoms with E-state index in [1.165, 1.54) is 16.7 Å². The Hall–Kier alpha value is -3.00. The number of ketones is 1. The third kappa shape index (κ3) is 5.08. The molecule has 2 aromatic carbocycles. The minimum Gasteiger partial charge on any atom is -0.492 e. The van der Waals surface area contributed by atoms with E-state index < -0.39 is 23.4 Å². The van der Waals surface area contributed by atoms with Gasteiger partial charge in [0.25, 0.3) is 5.78 Å². The average molecular weight is 425 g/mol. The molecule has 0 saturated carbocycles. The minimum atomic E-state index is -4.99. The van der Waals surface area contributed by atoms with E-state index in [2.05, 4.69) is 5.32 Å². The summed E-state index contributed by atoms with van der Waals surface area (Å²) in [6.07, 6.45) is -3.93. The van der Waals surface area contributed by atoms with Gasteiger partial charge in [-0.25, -0.2) is 0 Å². The molecule has 0 aliphatic rings. The lowest BCUT2D eigenvalue weighted by molar-refractivity contribution is -0.121. The van der Waals surface area contributed by atoms with Crippen LogP contribution in [-0.4, -0.2) is 35.6 Å². The maximum Gasteiger partial charge on any atom is 0.454 e. The van der Waals surface area contributed by atoms with Crippen molar-refractivity contribution in [3.05, 3.63) is 65.3 Å². The lowest BCUT2D eigenvalue weighted by Gasteiger charge is -2.09. The fourth-order valence-electron chi connectivity index (χ4n) is 2.81. The Balaban J connectivity index is 1.63. The molecule has 0 unspecified atom stereocenters. The van der Waals surface area contributed by atoms with Crippen LogP contribution in [0.5, 0.6) is 5.75 Å². The van der Waals surface area contributed by atoms with E-state index in [0.29, 0.717) is 16.3 Å². The van der Waals surface area contributed by atoms with E-state index in [-0.39, 0.29) is 25.1 Å². The molecule has 5 nitrogen and oxygen atoms in total. The van der Waals surface area contributed by atoms with Crippen LogP contribution in [0.25, 0.3) is 10.9 Å². The van der Waals surface area contributed by atoms with Gasteiger partial charge in [-0.2, -0.15) is 13.2 Å². The SMILES string of the molecule is O=C(Cn1cc(C(=O)C(F)(F)F)c2ccccc21)NCCOc1ccc(Cl)cc1. The number of benzene rings is 2. The molecule has 3 aromatic rings. The lowest BCUT2D eigenvalue weighted by Crippen LogP contribution is -2.31. The van der Waals surface area contributed by atoms with Crippen LogP contribution in [0, 0.1) is 0 Å². The Morgan fingerprint density at radius 1 is 1.07 bits per heavy atom. The number of nitrogens with zero attached hydrogens (tertiary/aromatic N) is 1. The Kier molecular flexibility index (Phi) is 6.12. The number of carbonyl (C=O) groups excluding carboxylic acids is 2. The zero-order chi connectivity index (χ0) is 21.0. The molecule has 0 radical (unpaired) electrons. The molecule has 0 atom stereocenters. The van der Waals surface area contributed by atoms with Crippen molar-refractivity contribution < 1.29 is 27.5 Å². The summed E-state index contributed by atoms with van der Waals surface area (Å²) < 4.78 is 45.3. The molecule has 1 aromatic heterocycles. The normalized spacial score (nSPS) is 11.4. The molecule has 0 bridgehead atoms. The summed E-state index contributed by atoms with van der Waals surface area (Å²) in [6, 6.07) is 12.9. The van der Waals surface area contributed by atoms with Crippen molar-refractivity contribution in [2.75, 3.05) is 13.2 Å². The van der Waals surface area contributed by atoms with Crippen LogP contribution in [0.1, 0.15) is 10.4 Å². The second-order valence-corrected chi connectivity index (χ2v) is 6.60. The van der Waals surface area contributed by atoms with E-state index in [0.717, 1.165) is 6.20 Å². The van der Waals surface area contributed by atoms with Crippen molar-refractivity contribution in [1.82, 2.24) is 9.88 Å². The van der Waals surface area contributed by atoms with Crippen molar-refractivity contribution in [2.24, 2.45) is 0 Å². The van der Waals surface area contributed by atoms with E-state index in [1.807, 2.05) is 0 Å². The molecule has 1 N–H and O–H groups in total. The Labute approximate surface area is 169 Å². The summed E-state index contributed by atoms with van der Waals surface area (Å²) in [5.74, 6) is -1.77. The molecule has 3 rings (SSSR count). The number of hydrogen-bond donors (Lipinski definition) is 1. The molecular formula is C20H16ClF3N2O3. The standard InChI is InChI=1S/C20H16ClF3N2O3/c21-13-5-7-14(8-6-13)29-10-9-25-18(27)12-26-11-16(19(28)20(22,23)24)15-3-1-2-4-17(15)26/h1-8,11H,9-10,12H2,(H,25,27). The summed E-state index contributed by atoms with van der Waals surface area (Å²) in [5.41, 5.74) is -0.111. The second-order valence-electron chi connectivity index (χ2n) is 6.17. The van der Waals surface area contributed by atoms with Gasteiger partial charge in [0, 0.05) is 22.1 Å². The Morgan fingerprint density at radius 2 is 1.76 bits per heavy atom. The number of halogens is 4. The number of nitrogens with one attached hydrogen (secondary N) is 1. The number of hydrogen-bond acceptors (Lipinski definition) is 3. The average Bonchev–Trinajstić information content (AvgIpc) is 3.04. The van der Waals surface area contributed by atoms with Crippen LogP contribution < -0.4 is 10.1 Å². The highest BCUT2D eigenvalue weighted by atomic mass is 35.5. The van der Waals surface area contributed by atoms with Gasteiger partial charge in [-0.15, -0.1) is 0 Å². The number of Topliss-reactive ketones (excluding diaryl/α,β-unsaturated/α-hetero) is 1. The molecule has 0 aliphatic carbocycles. The molecule has 29 heavy (non-hydrogen) atoms. The molecule has 9 heteroatoms. The summed E-state index contributed by atoms with van der Waals surface area (Å²) in [5, 5.41) is 3.35. The molecule has 0 aliphatic heterocycles. The number of para-hydroxylation sites is 1. The first-order valence-electron chi connectivity index (χ1n) is 8.60. The molecule has 0 fully saturated rings. The summed E-state index contributed by atoms with van der Waals surface area (Å²) in [7, 11) is 0. The molecule has 1 amide bonds. The predicted octanol–water partition coefficient (Wildman–Crippen LogP) is 4.23. The van der Waals surface area contributed by atoms with Crippen LogP contribution in [0.15, 0.2) is 54.7 Å². The van der Waals surface area contributed by atoms with Gasteiger partial charge in [0.05, 0.1) is 12.1 Å². The quantitative estimate of drug-likeness (QED) is 0.456. The third-order valence-corrected chi connectivity index (χ3v) is 4.36. The van der Waals surface area contributed by atoms with Gasteiger partial charge in [-0.1, -0.05) is 29.8 Å². The first kappa shape index (κ1) is 20.7. The fourth-order valence-corrected chi connectivity index (χ4v) is 2.94. The zero-order valence-corrected chi connectivity index (χ0v) is 15.8. The van der Waals surface area contributed by atoms with Crippen LogP contribution >= 0.6 is 11.6 Å². The van der Waals surface area contributed by atoms with Gasteiger partial charge in [0.1, 0.15) is 18.9 Å². The highest BCUT2D eigenvalue weighted by Crippen LogP contribution is 2.28. The number of rotatable bonds is 7. The number of alkyl halides is 3. The van der Waals surface area contributed by atoms with E-state index in [4.69, 9.17) is 16.3 Å².